The summed E-state index contributed by atoms with van der Waals surface area (Å²) >= 11 is 0. The molecule has 0 fully saturated rings. The van der Waals surface area contributed by atoms with Crippen LogP contribution in [-0.2, 0) is 0 Å². The molecule has 1 aliphatic rings. The number of nitrogens with two attached hydrogens (primary N) is 1. The van der Waals surface area contributed by atoms with Gasteiger partial charge in [0.2, 0.25) is 0 Å². The molecule has 2 rings (SSSR count). The van der Waals surface area contributed by atoms with Gasteiger partial charge in [0.15, 0.2) is 11.5 Å². The molecule has 0 spiro atoms. The van der Waals surface area contributed by atoms with Crippen molar-refractivity contribution in [3.63, 3.8) is 0 Å². The molecule has 0 saturated heterocycles. The topological polar surface area (TPSA) is 81.8 Å². The molecule has 0 radical (unpaired) electrons. The minimum Gasteiger partial charge on any atom is -0.477 e. The Bertz CT molecular complexity index is 447. The van der Waals surface area contributed by atoms with E-state index in [0.29, 0.717) is 0 Å². The highest BCUT2D eigenvalue weighted by molar-refractivity contribution is 5.98. The van der Waals surface area contributed by atoms with Crippen LogP contribution < -0.4 is 15.2 Å². The molecule has 0 atom stereocenters. The predicted octanol–water partition coefficient (Wildman–Crippen LogP) is 1.29. The molecule has 15 heavy (non-hydrogen) atoms. The summed E-state index contributed by atoms with van der Waals surface area (Å²) in [6.45, 7) is 0. The highest BCUT2D eigenvalue weighted by atomic mass is 19.3. The summed E-state index contributed by atoms with van der Waals surface area (Å²) in [4.78, 5) is 10.7. The van der Waals surface area contributed by atoms with E-state index in [1.165, 1.54) is 0 Å². The SMILES string of the molecule is Nc1ccc2c(c1C(=O)O)OC(F)(F)O2. The number of carboxylic acids is 1. The highest BCUT2D eigenvalue weighted by Gasteiger charge is 2.45. The maximum absolute atomic E-state index is 12.6. The molecule has 1 heterocycles. The average Bonchev–Trinajstić information content (AvgIpc) is 2.37. The molecule has 1 aliphatic heterocycles. The fraction of sp³-hybridized carbons (Fsp3) is 0.125. The summed E-state index contributed by atoms with van der Waals surface area (Å²) in [5.41, 5.74) is 4.63. The zero-order chi connectivity index (χ0) is 11.2. The van der Waals surface area contributed by atoms with Crippen LogP contribution in [0.4, 0.5) is 14.5 Å². The van der Waals surface area contributed by atoms with Gasteiger partial charge in [0, 0.05) is 0 Å². The summed E-state index contributed by atoms with van der Waals surface area (Å²) in [6.07, 6.45) is -3.85. The lowest BCUT2D eigenvalue weighted by Gasteiger charge is -2.05. The first kappa shape index (κ1) is 9.50. The molecule has 1 aromatic rings. The van der Waals surface area contributed by atoms with Crippen molar-refractivity contribution in [1.29, 1.82) is 0 Å². The van der Waals surface area contributed by atoms with Crippen molar-refractivity contribution in [3.05, 3.63) is 17.7 Å². The predicted molar refractivity (Wildman–Crippen MR) is 44.0 cm³/mol. The number of carbonyl (C=O) groups is 1. The number of ether oxygens (including phenoxy) is 2. The Balaban J connectivity index is 2.60. The van der Waals surface area contributed by atoms with Gasteiger partial charge >= 0.3 is 12.3 Å². The minimum absolute atomic E-state index is 0.164. The van der Waals surface area contributed by atoms with E-state index in [-0.39, 0.29) is 11.4 Å². The maximum atomic E-state index is 12.6. The molecule has 0 unspecified atom stereocenters. The summed E-state index contributed by atoms with van der Waals surface area (Å²) in [5.74, 6) is -2.34. The fourth-order valence-corrected chi connectivity index (χ4v) is 1.25. The Kier molecular flexibility index (Phi) is 1.72. The zero-order valence-corrected chi connectivity index (χ0v) is 7.16. The van der Waals surface area contributed by atoms with E-state index in [1.54, 1.807) is 0 Å². The number of anilines is 1. The van der Waals surface area contributed by atoms with Gasteiger partial charge in [0.05, 0.1) is 5.69 Å². The van der Waals surface area contributed by atoms with Crippen molar-refractivity contribution >= 4 is 11.7 Å². The number of hydrogen-bond donors (Lipinski definition) is 2. The number of rotatable bonds is 1. The van der Waals surface area contributed by atoms with E-state index < -0.39 is 23.6 Å². The number of aromatic carboxylic acids is 1. The Hall–Kier alpha value is -2.05. The third kappa shape index (κ3) is 1.41. The molecule has 0 aromatic heterocycles. The second kappa shape index (κ2) is 2.72. The summed E-state index contributed by atoms with van der Waals surface area (Å²) in [6, 6.07) is 2.28. The minimum atomic E-state index is -3.85. The van der Waals surface area contributed by atoms with Crippen molar-refractivity contribution in [3.8, 4) is 11.5 Å². The van der Waals surface area contributed by atoms with Gasteiger partial charge in [-0.3, -0.25) is 0 Å². The van der Waals surface area contributed by atoms with Crippen molar-refractivity contribution in [1.82, 2.24) is 0 Å². The Morgan fingerprint density at radius 2 is 2.07 bits per heavy atom. The summed E-state index contributed by atoms with van der Waals surface area (Å²) in [7, 11) is 0. The number of alkyl halides is 2. The van der Waals surface area contributed by atoms with Crippen molar-refractivity contribution in [2.75, 3.05) is 5.73 Å². The molecule has 0 bridgehead atoms. The van der Waals surface area contributed by atoms with E-state index >= 15 is 0 Å². The molecule has 5 nitrogen and oxygen atoms in total. The lowest BCUT2D eigenvalue weighted by Crippen LogP contribution is -2.26. The second-order valence-corrected chi connectivity index (χ2v) is 2.83. The first-order chi connectivity index (χ1) is 6.91. The third-order valence-electron chi connectivity index (χ3n) is 1.82. The molecule has 7 heteroatoms. The normalized spacial score (nSPS) is 16.4. The molecule has 0 saturated carbocycles. The summed E-state index contributed by atoms with van der Waals surface area (Å²) < 4.78 is 33.4. The smallest absolute Gasteiger partial charge is 0.477 e. The number of hydrogen-bond acceptors (Lipinski definition) is 4. The van der Waals surface area contributed by atoms with E-state index in [4.69, 9.17) is 10.8 Å². The van der Waals surface area contributed by atoms with Crippen LogP contribution in [0.15, 0.2) is 12.1 Å². The van der Waals surface area contributed by atoms with Gasteiger partial charge in [-0.25, -0.2) is 4.79 Å². The molecular formula is C8H5F2NO4. The largest absolute Gasteiger partial charge is 0.586 e. The number of carboxylic acid groups (broad SMARTS) is 1. The van der Waals surface area contributed by atoms with Gasteiger partial charge in [0.25, 0.3) is 0 Å². The number of nitrogen functional groups attached to an aromatic ring is 1. The average molecular weight is 217 g/mol. The highest BCUT2D eigenvalue weighted by Crippen LogP contribution is 2.45. The first-order valence-electron chi connectivity index (χ1n) is 3.82. The van der Waals surface area contributed by atoms with Crippen molar-refractivity contribution in [2.45, 2.75) is 6.29 Å². The molecule has 0 amide bonds. The van der Waals surface area contributed by atoms with Gasteiger partial charge in [-0.15, -0.1) is 8.78 Å². The Labute approximate surface area is 82.0 Å². The van der Waals surface area contributed by atoms with Gasteiger partial charge in [0.1, 0.15) is 5.56 Å². The van der Waals surface area contributed by atoms with Crippen LogP contribution in [0.25, 0.3) is 0 Å². The standard InChI is InChI=1S/C8H5F2NO4/c9-8(10)14-4-2-1-3(11)5(7(12)13)6(4)15-8/h1-2H,11H2,(H,12,13). The maximum Gasteiger partial charge on any atom is 0.586 e. The van der Waals surface area contributed by atoms with Gasteiger partial charge < -0.3 is 20.3 Å². The molecule has 3 N–H and O–H groups in total. The number of benzene rings is 1. The van der Waals surface area contributed by atoms with Crippen LogP contribution in [0.3, 0.4) is 0 Å². The summed E-state index contributed by atoms with van der Waals surface area (Å²) in [5, 5.41) is 8.74. The second-order valence-electron chi connectivity index (χ2n) is 2.83. The number of halogens is 2. The molecule has 0 aliphatic carbocycles. The van der Waals surface area contributed by atoms with E-state index in [0.717, 1.165) is 12.1 Å². The third-order valence-corrected chi connectivity index (χ3v) is 1.82. The monoisotopic (exact) mass is 217 g/mol. The van der Waals surface area contributed by atoms with Crippen molar-refractivity contribution < 1.29 is 28.2 Å². The Morgan fingerprint density at radius 3 is 2.67 bits per heavy atom. The fourth-order valence-electron chi connectivity index (χ4n) is 1.25. The van der Waals surface area contributed by atoms with Gasteiger partial charge in [-0.05, 0) is 12.1 Å². The van der Waals surface area contributed by atoms with Crippen LogP contribution in [0.2, 0.25) is 0 Å². The zero-order valence-electron chi connectivity index (χ0n) is 7.16. The van der Waals surface area contributed by atoms with Crippen LogP contribution in [0.1, 0.15) is 10.4 Å². The van der Waals surface area contributed by atoms with Crippen LogP contribution in [0, 0.1) is 0 Å². The Morgan fingerprint density at radius 1 is 1.40 bits per heavy atom. The van der Waals surface area contributed by atoms with Crippen LogP contribution in [0.5, 0.6) is 11.5 Å². The number of fused-ring (bicyclic) bond motifs is 1. The van der Waals surface area contributed by atoms with Gasteiger partial charge in [-0.2, -0.15) is 0 Å². The van der Waals surface area contributed by atoms with Crippen molar-refractivity contribution in [2.24, 2.45) is 0 Å². The van der Waals surface area contributed by atoms with Crippen LogP contribution in [-0.4, -0.2) is 17.4 Å². The quantitative estimate of drug-likeness (QED) is 0.692. The van der Waals surface area contributed by atoms with E-state index in [9.17, 15) is 13.6 Å². The van der Waals surface area contributed by atoms with Gasteiger partial charge in [-0.1, -0.05) is 0 Å². The molecule has 80 valence electrons. The lowest BCUT2D eigenvalue weighted by molar-refractivity contribution is -0.286. The van der Waals surface area contributed by atoms with E-state index in [2.05, 4.69) is 9.47 Å². The van der Waals surface area contributed by atoms with E-state index in [1.807, 2.05) is 0 Å². The molecular weight excluding hydrogens is 212 g/mol. The molecule has 1 aromatic carbocycles. The van der Waals surface area contributed by atoms with Crippen LogP contribution >= 0.6 is 0 Å². The lowest BCUT2D eigenvalue weighted by atomic mass is 10.1. The first-order valence-corrected chi connectivity index (χ1v) is 3.82.